The molecule has 0 aliphatic heterocycles. The molecule has 5 nitrogen and oxygen atoms in total. The second-order valence-corrected chi connectivity index (χ2v) is 16.6. The standard InChI is InChI=1S/C58H33N3O2/c1-6-21-46-39(15-1)40-16-2-7-22-47(40)58(46)48-23-8-3-19-45(48)54-38(20-12-24-49(54)58)34-13-11-14-35(31-34)55-59-56(36-27-29-43-41-17-4-9-25-50(41)62-52(43)32-36)61-57(60-55)37-28-30-44-42-18-5-10-26-51(42)63-53(44)33-37/h1-33H. The van der Waals surface area contributed by atoms with Crippen LogP contribution in [0, 0.1) is 0 Å². The molecule has 12 aromatic rings. The fraction of sp³-hybridized carbons (Fsp3) is 0.0172. The minimum Gasteiger partial charge on any atom is -0.456 e. The maximum atomic E-state index is 6.34. The van der Waals surface area contributed by atoms with Crippen molar-refractivity contribution < 1.29 is 8.83 Å². The van der Waals surface area contributed by atoms with Gasteiger partial charge in [0.15, 0.2) is 17.5 Å². The topological polar surface area (TPSA) is 65.0 Å². The maximum Gasteiger partial charge on any atom is 0.164 e. The van der Waals surface area contributed by atoms with Gasteiger partial charge in [-0.2, -0.15) is 0 Å². The average molecular weight is 804 g/mol. The molecule has 3 aromatic heterocycles. The number of benzene rings is 9. The van der Waals surface area contributed by atoms with Crippen LogP contribution in [0.25, 0.3) is 111 Å². The van der Waals surface area contributed by atoms with Crippen molar-refractivity contribution in [3.63, 3.8) is 0 Å². The van der Waals surface area contributed by atoms with Crippen molar-refractivity contribution in [2.24, 2.45) is 0 Å². The van der Waals surface area contributed by atoms with Gasteiger partial charge in [0.2, 0.25) is 0 Å². The summed E-state index contributed by atoms with van der Waals surface area (Å²) < 4.78 is 12.7. The van der Waals surface area contributed by atoms with Crippen molar-refractivity contribution in [3.8, 4) is 67.5 Å². The molecule has 5 heteroatoms. The third-order valence-corrected chi connectivity index (χ3v) is 13.4. The lowest BCUT2D eigenvalue weighted by Gasteiger charge is -2.30. The molecule has 0 unspecified atom stereocenters. The molecule has 3 heterocycles. The van der Waals surface area contributed by atoms with Gasteiger partial charge in [-0.05, 0) is 98.1 Å². The zero-order chi connectivity index (χ0) is 41.2. The SMILES string of the molecule is c1cc(-c2nc(-c3ccc4c(c3)oc3ccccc34)nc(-c3ccc4c(c3)oc3ccccc34)n2)cc(-c2cccc3c2-c2ccccc2C32c3ccccc3-c3ccccc32)c1. The molecule has 0 bridgehead atoms. The van der Waals surface area contributed by atoms with Gasteiger partial charge in [0, 0.05) is 38.2 Å². The summed E-state index contributed by atoms with van der Waals surface area (Å²) in [7, 11) is 0. The van der Waals surface area contributed by atoms with Crippen LogP contribution in [0.2, 0.25) is 0 Å². The summed E-state index contributed by atoms with van der Waals surface area (Å²) in [5.74, 6) is 1.69. The Morgan fingerprint density at radius 1 is 0.286 bits per heavy atom. The molecule has 0 saturated carbocycles. The van der Waals surface area contributed by atoms with E-state index in [2.05, 4.69) is 152 Å². The highest BCUT2D eigenvalue weighted by molar-refractivity contribution is 6.07. The molecule has 0 amide bonds. The lowest BCUT2D eigenvalue weighted by Crippen LogP contribution is -2.25. The van der Waals surface area contributed by atoms with Crippen molar-refractivity contribution in [2.75, 3.05) is 0 Å². The minimum absolute atomic E-state index is 0.424. The number of rotatable bonds is 4. The molecular weight excluding hydrogens is 771 g/mol. The lowest BCUT2D eigenvalue weighted by molar-refractivity contribution is 0.668. The van der Waals surface area contributed by atoms with E-state index in [4.69, 9.17) is 23.8 Å². The van der Waals surface area contributed by atoms with Crippen molar-refractivity contribution in [1.82, 2.24) is 15.0 Å². The molecule has 0 N–H and O–H groups in total. The molecular formula is C58H33N3O2. The van der Waals surface area contributed by atoms with Crippen LogP contribution in [0.15, 0.2) is 209 Å². The van der Waals surface area contributed by atoms with Gasteiger partial charge in [-0.3, -0.25) is 0 Å². The lowest BCUT2D eigenvalue weighted by atomic mass is 9.70. The second-order valence-electron chi connectivity index (χ2n) is 16.6. The van der Waals surface area contributed by atoms with E-state index in [1.807, 2.05) is 48.5 Å². The van der Waals surface area contributed by atoms with Crippen LogP contribution in [-0.2, 0) is 5.41 Å². The number of nitrogens with zero attached hydrogens (tertiary/aromatic N) is 3. The van der Waals surface area contributed by atoms with Crippen molar-refractivity contribution >= 4 is 43.9 Å². The Labute approximate surface area is 361 Å². The third kappa shape index (κ3) is 4.79. The highest BCUT2D eigenvalue weighted by Crippen LogP contribution is 2.64. The monoisotopic (exact) mass is 803 g/mol. The molecule has 1 spiro atoms. The van der Waals surface area contributed by atoms with Crippen LogP contribution in [0.4, 0.5) is 0 Å². The molecule has 63 heavy (non-hydrogen) atoms. The number of furan rings is 2. The van der Waals surface area contributed by atoms with E-state index in [0.29, 0.717) is 17.5 Å². The second kappa shape index (κ2) is 12.8. The predicted octanol–water partition coefficient (Wildman–Crippen LogP) is 14.7. The highest BCUT2D eigenvalue weighted by Gasteiger charge is 2.51. The number of hydrogen-bond donors (Lipinski definition) is 0. The summed E-state index contributed by atoms with van der Waals surface area (Å²) in [6.07, 6.45) is 0. The first-order chi connectivity index (χ1) is 31.2. The van der Waals surface area contributed by atoms with Crippen molar-refractivity contribution in [3.05, 3.63) is 222 Å². The molecule has 0 fully saturated rings. The molecule has 14 rings (SSSR count). The summed E-state index contributed by atoms with van der Waals surface area (Å²) in [5, 5.41) is 4.26. The van der Waals surface area contributed by atoms with E-state index in [1.165, 1.54) is 50.1 Å². The van der Waals surface area contributed by atoms with Gasteiger partial charge in [-0.15, -0.1) is 0 Å². The van der Waals surface area contributed by atoms with Crippen LogP contribution in [0.5, 0.6) is 0 Å². The number of para-hydroxylation sites is 2. The zero-order valence-electron chi connectivity index (χ0n) is 33.7. The Kier molecular flexibility index (Phi) is 6.97. The van der Waals surface area contributed by atoms with E-state index < -0.39 is 5.41 Å². The smallest absolute Gasteiger partial charge is 0.164 e. The van der Waals surface area contributed by atoms with Gasteiger partial charge in [0.05, 0.1) is 5.41 Å². The van der Waals surface area contributed by atoms with Gasteiger partial charge in [0.25, 0.3) is 0 Å². The Hall–Kier alpha value is -8.41. The van der Waals surface area contributed by atoms with Crippen LogP contribution >= 0.6 is 0 Å². The molecule has 0 saturated heterocycles. The Balaban J connectivity index is 0.959. The zero-order valence-corrected chi connectivity index (χ0v) is 33.7. The fourth-order valence-electron chi connectivity index (χ4n) is 10.7. The van der Waals surface area contributed by atoms with Gasteiger partial charge in [0.1, 0.15) is 22.3 Å². The molecule has 2 aliphatic rings. The minimum atomic E-state index is -0.424. The Morgan fingerprint density at radius 2 is 0.698 bits per heavy atom. The van der Waals surface area contributed by atoms with E-state index in [-0.39, 0.29) is 0 Å². The van der Waals surface area contributed by atoms with E-state index >= 15 is 0 Å². The first-order valence-electron chi connectivity index (χ1n) is 21.3. The first-order valence-corrected chi connectivity index (χ1v) is 21.3. The van der Waals surface area contributed by atoms with E-state index in [9.17, 15) is 0 Å². The number of hydrogen-bond acceptors (Lipinski definition) is 5. The fourth-order valence-corrected chi connectivity index (χ4v) is 10.7. The van der Waals surface area contributed by atoms with Gasteiger partial charge >= 0.3 is 0 Å². The largest absolute Gasteiger partial charge is 0.456 e. The number of aromatic nitrogens is 3. The average Bonchev–Trinajstić information content (AvgIpc) is 4.08. The third-order valence-electron chi connectivity index (χ3n) is 13.4. The normalized spacial score (nSPS) is 13.2. The van der Waals surface area contributed by atoms with Gasteiger partial charge in [-0.1, -0.05) is 158 Å². The Bertz CT molecular complexity index is 3720. The summed E-state index contributed by atoms with van der Waals surface area (Å²) >= 11 is 0. The summed E-state index contributed by atoms with van der Waals surface area (Å²) in [6, 6.07) is 71.0. The first kappa shape index (κ1) is 34.3. The highest BCUT2D eigenvalue weighted by atomic mass is 16.3. The van der Waals surface area contributed by atoms with Crippen LogP contribution in [-0.4, -0.2) is 15.0 Å². The number of fused-ring (bicyclic) bond motifs is 16. The molecule has 2 aliphatic carbocycles. The summed E-state index contributed by atoms with van der Waals surface area (Å²) in [4.78, 5) is 15.6. The van der Waals surface area contributed by atoms with Gasteiger partial charge < -0.3 is 8.83 Å². The summed E-state index contributed by atoms with van der Waals surface area (Å²) in [6.45, 7) is 0. The quantitative estimate of drug-likeness (QED) is 0.177. The molecule has 292 valence electrons. The summed E-state index contributed by atoms with van der Waals surface area (Å²) in [5.41, 5.74) is 18.0. The molecule has 9 aromatic carbocycles. The van der Waals surface area contributed by atoms with Crippen LogP contribution in [0.3, 0.4) is 0 Å². The van der Waals surface area contributed by atoms with Crippen LogP contribution < -0.4 is 0 Å². The van der Waals surface area contributed by atoms with E-state index in [0.717, 1.165) is 66.1 Å². The van der Waals surface area contributed by atoms with Crippen LogP contribution in [0.1, 0.15) is 22.3 Å². The maximum absolute atomic E-state index is 6.34. The van der Waals surface area contributed by atoms with Crippen molar-refractivity contribution in [2.45, 2.75) is 5.41 Å². The predicted molar refractivity (Wildman–Crippen MR) is 252 cm³/mol. The Morgan fingerprint density at radius 3 is 1.29 bits per heavy atom. The molecule has 0 atom stereocenters. The molecule has 0 radical (unpaired) electrons. The van der Waals surface area contributed by atoms with Gasteiger partial charge in [-0.25, -0.2) is 15.0 Å². The van der Waals surface area contributed by atoms with Crippen molar-refractivity contribution in [1.29, 1.82) is 0 Å². The van der Waals surface area contributed by atoms with E-state index in [1.54, 1.807) is 0 Å².